The molecule has 0 atom stereocenters. The molecule has 1 fully saturated rings. The second kappa shape index (κ2) is 6.35. The molecule has 0 aliphatic heterocycles. The number of carbonyl (C=O) groups is 1. The van der Waals surface area contributed by atoms with Crippen molar-refractivity contribution >= 4 is 15.8 Å². The molecule has 0 radical (unpaired) electrons. The van der Waals surface area contributed by atoms with Gasteiger partial charge in [-0.3, -0.25) is 4.79 Å². The van der Waals surface area contributed by atoms with E-state index in [2.05, 4.69) is 0 Å². The Morgan fingerprint density at radius 2 is 1.88 bits per heavy atom. The summed E-state index contributed by atoms with van der Waals surface area (Å²) in [5.41, 5.74) is 0. The Kier molecular flexibility index (Phi) is 5.39. The van der Waals surface area contributed by atoms with Crippen molar-refractivity contribution < 1.29 is 23.1 Å². The van der Waals surface area contributed by atoms with Crippen LogP contribution < -0.4 is 0 Å². The van der Waals surface area contributed by atoms with Crippen molar-refractivity contribution in [1.29, 1.82) is 0 Å². The minimum Gasteiger partial charge on any atom is -0.481 e. The molecule has 100 valence electrons. The Labute approximate surface area is 102 Å². The molecule has 0 saturated heterocycles. The van der Waals surface area contributed by atoms with Crippen LogP contribution >= 0.6 is 0 Å². The highest BCUT2D eigenvalue weighted by Crippen LogP contribution is 2.26. The molecule has 1 saturated carbocycles. The van der Waals surface area contributed by atoms with E-state index < -0.39 is 15.8 Å². The summed E-state index contributed by atoms with van der Waals surface area (Å²) in [7, 11) is -2.90. The number of aliphatic carboxylic acids is 1. The monoisotopic (exact) mass is 264 g/mol. The van der Waals surface area contributed by atoms with E-state index in [1.807, 2.05) is 0 Å². The van der Waals surface area contributed by atoms with Crippen LogP contribution in [0.5, 0.6) is 0 Å². The zero-order valence-electron chi connectivity index (χ0n) is 10.1. The summed E-state index contributed by atoms with van der Waals surface area (Å²) in [6, 6.07) is 0. The van der Waals surface area contributed by atoms with Gasteiger partial charge in [0.2, 0.25) is 0 Å². The maximum Gasteiger partial charge on any atom is 0.306 e. The molecule has 0 amide bonds. The van der Waals surface area contributed by atoms with E-state index in [0.29, 0.717) is 25.9 Å². The largest absolute Gasteiger partial charge is 0.481 e. The highest BCUT2D eigenvalue weighted by Gasteiger charge is 2.26. The van der Waals surface area contributed by atoms with Crippen LogP contribution in [0.4, 0.5) is 0 Å². The molecule has 0 aromatic heterocycles. The number of carboxylic acids is 1. The fourth-order valence-electron chi connectivity index (χ4n) is 2.05. The predicted octanol–water partition coefficient (Wildman–Crippen LogP) is 1.08. The first-order chi connectivity index (χ1) is 7.88. The average Bonchev–Trinajstić information content (AvgIpc) is 2.24. The third-order valence-corrected chi connectivity index (χ3v) is 4.07. The van der Waals surface area contributed by atoms with Gasteiger partial charge >= 0.3 is 5.97 Å². The fraction of sp³-hybridized carbons (Fsp3) is 0.909. The van der Waals surface area contributed by atoms with Gasteiger partial charge in [-0.2, -0.15) is 0 Å². The van der Waals surface area contributed by atoms with Crippen LogP contribution in [0.1, 0.15) is 32.1 Å². The lowest BCUT2D eigenvalue weighted by Gasteiger charge is -2.26. The number of rotatable bonds is 6. The van der Waals surface area contributed by atoms with Gasteiger partial charge in [-0.15, -0.1) is 0 Å². The summed E-state index contributed by atoms with van der Waals surface area (Å²) < 4.78 is 27.3. The second-order valence-corrected chi connectivity index (χ2v) is 6.93. The molecule has 1 aliphatic carbocycles. The second-order valence-electron chi connectivity index (χ2n) is 4.67. The van der Waals surface area contributed by atoms with Gasteiger partial charge in [-0.1, -0.05) is 0 Å². The Hall–Kier alpha value is -0.620. The molecule has 0 spiro atoms. The smallest absolute Gasteiger partial charge is 0.306 e. The van der Waals surface area contributed by atoms with Gasteiger partial charge in [0.1, 0.15) is 9.84 Å². The summed E-state index contributed by atoms with van der Waals surface area (Å²) in [6.45, 7) is 0.440. The lowest BCUT2D eigenvalue weighted by atomic mass is 9.87. The van der Waals surface area contributed by atoms with Crippen LogP contribution in [0.15, 0.2) is 0 Å². The van der Waals surface area contributed by atoms with Crippen molar-refractivity contribution in [3.05, 3.63) is 0 Å². The van der Waals surface area contributed by atoms with Gasteiger partial charge in [0.15, 0.2) is 0 Å². The van der Waals surface area contributed by atoms with Gasteiger partial charge in [-0.05, 0) is 32.1 Å². The molecule has 0 aromatic carbocycles. The maximum atomic E-state index is 10.9. The first-order valence-corrected chi connectivity index (χ1v) is 7.96. The van der Waals surface area contributed by atoms with Gasteiger partial charge in [0, 0.05) is 12.9 Å². The molecular formula is C11H20O5S. The number of ether oxygens (including phenoxy) is 1. The summed E-state index contributed by atoms with van der Waals surface area (Å²) in [5, 5.41) is 8.82. The molecule has 0 bridgehead atoms. The first-order valence-electron chi connectivity index (χ1n) is 5.90. The van der Waals surface area contributed by atoms with Gasteiger partial charge < -0.3 is 9.84 Å². The predicted molar refractivity (Wildman–Crippen MR) is 63.7 cm³/mol. The normalized spacial score (nSPS) is 25.7. The zero-order chi connectivity index (χ0) is 12.9. The van der Waals surface area contributed by atoms with Crippen LogP contribution in [0.25, 0.3) is 0 Å². The minimum absolute atomic E-state index is 0.102. The van der Waals surface area contributed by atoms with Crippen LogP contribution in [0.3, 0.4) is 0 Å². The average molecular weight is 264 g/mol. The Morgan fingerprint density at radius 3 is 2.35 bits per heavy atom. The zero-order valence-corrected chi connectivity index (χ0v) is 10.9. The SMILES string of the molecule is CS(=O)(=O)CCCOC1CCC(C(=O)O)CC1. The van der Waals surface area contributed by atoms with E-state index in [0.717, 1.165) is 12.8 Å². The Balaban J connectivity index is 2.12. The molecule has 0 aromatic rings. The third kappa shape index (κ3) is 6.02. The lowest BCUT2D eigenvalue weighted by Crippen LogP contribution is -2.26. The van der Waals surface area contributed by atoms with E-state index in [4.69, 9.17) is 9.84 Å². The number of sulfone groups is 1. The number of carboxylic acid groups (broad SMARTS) is 1. The summed E-state index contributed by atoms with van der Waals surface area (Å²) in [5.74, 6) is -0.802. The Bertz CT molecular complexity index is 341. The first kappa shape index (κ1) is 14.4. The molecule has 1 rings (SSSR count). The van der Waals surface area contributed by atoms with Gasteiger partial charge in [0.05, 0.1) is 17.8 Å². The van der Waals surface area contributed by atoms with E-state index in [-0.39, 0.29) is 17.8 Å². The van der Waals surface area contributed by atoms with Crippen molar-refractivity contribution in [2.75, 3.05) is 18.6 Å². The minimum atomic E-state index is -2.90. The number of hydrogen-bond acceptors (Lipinski definition) is 4. The van der Waals surface area contributed by atoms with Crippen LogP contribution in [-0.2, 0) is 19.4 Å². The Morgan fingerprint density at radius 1 is 1.29 bits per heavy atom. The van der Waals surface area contributed by atoms with Crippen molar-refractivity contribution in [3.63, 3.8) is 0 Å². The molecule has 1 aliphatic rings. The van der Waals surface area contributed by atoms with Crippen LogP contribution in [0.2, 0.25) is 0 Å². The van der Waals surface area contributed by atoms with E-state index in [9.17, 15) is 13.2 Å². The summed E-state index contributed by atoms with van der Waals surface area (Å²) >= 11 is 0. The highest BCUT2D eigenvalue weighted by atomic mass is 32.2. The topological polar surface area (TPSA) is 80.7 Å². The number of hydrogen-bond donors (Lipinski definition) is 1. The van der Waals surface area contributed by atoms with Crippen molar-refractivity contribution in [1.82, 2.24) is 0 Å². The van der Waals surface area contributed by atoms with Crippen molar-refractivity contribution in [2.24, 2.45) is 5.92 Å². The quantitative estimate of drug-likeness (QED) is 0.726. The standard InChI is InChI=1S/C11H20O5S/c1-17(14,15)8-2-7-16-10-5-3-9(4-6-10)11(12)13/h9-10H,2-8H2,1H3,(H,12,13). The molecule has 0 heterocycles. The molecule has 5 nitrogen and oxygen atoms in total. The fourth-order valence-corrected chi connectivity index (χ4v) is 2.69. The van der Waals surface area contributed by atoms with Gasteiger partial charge in [0.25, 0.3) is 0 Å². The molecule has 6 heteroatoms. The van der Waals surface area contributed by atoms with E-state index >= 15 is 0 Å². The lowest BCUT2D eigenvalue weighted by molar-refractivity contribution is -0.143. The molecule has 1 N–H and O–H groups in total. The highest BCUT2D eigenvalue weighted by molar-refractivity contribution is 7.90. The van der Waals surface area contributed by atoms with Gasteiger partial charge in [-0.25, -0.2) is 8.42 Å². The van der Waals surface area contributed by atoms with Crippen molar-refractivity contribution in [2.45, 2.75) is 38.2 Å². The third-order valence-electron chi connectivity index (χ3n) is 3.04. The van der Waals surface area contributed by atoms with Crippen LogP contribution in [-0.4, -0.2) is 44.2 Å². The van der Waals surface area contributed by atoms with E-state index in [1.54, 1.807) is 0 Å². The maximum absolute atomic E-state index is 10.9. The molecule has 17 heavy (non-hydrogen) atoms. The van der Waals surface area contributed by atoms with Crippen molar-refractivity contribution in [3.8, 4) is 0 Å². The van der Waals surface area contributed by atoms with Crippen LogP contribution in [0, 0.1) is 5.92 Å². The molecule has 0 unspecified atom stereocenters. The summed E-state index contributed by atoms with van der Waals surface area (Å²) in [6.07, 6.45) is 4.66. The summed E-state index contributed by atoms with van der Waals surface area (Å²) in [4.78, 5) is 10.7. The van der Waals surface area contributed by atoms with E-state index in [1.165, 1.54) is 6.26 Å². The molecular weight excluding hydrogens is 244 g/mol.